The SMILES string of the molecule is COP(=O)(C#C/C=C\C1OP(OC)(OC)(OC)OC1(c1ccco1)P(=O)(OC)OC)OC. The van der Waals surface area contributed by atoms with Gasteiger partial charge in [-0.05, 0) is 0 Å². The van der Waals surface area contributed by atoms with Crippen molar-refractivity contribution >= 4 is 22.9 Å². The first-order chi connectivity index (χ1) is 15.1. The van der Waals surface area contributed by atoms with Crippen LogP contribution in [0.3, 0.4) is 0 Å². The molecule has 1 aromatic heterocycles. The molecule has 0 aliphatic carbocycles. The molecule has 182 valence electrons. The number of hydrogen-bond acceptors (Lipinski definition) is 12. The Morgan fingerprint density at radius 2 is 1.59 bits per heavy atom. The van der Waals surface area contributed by atoms with E-state index in [9.17, 15) is 9.13 Å². The van der Waals surface area contributed by atoms with E-state index in [1.165, 1.54) is 74.3 Å². The molecular formula is C17H27O12P3. The Labute approximate surface area is 186 Å². The maximum absolute atomic E-state index is 13.8. The maximum atomic E-state index is 13.8. The molecule has 0 bridgehead atoms. The van der Waals surface area contributed by atoms with Crippen molar-refractivity contribution in [2.45, 2.75) is 11.4 Å². The van der Waals surface area contributed by atoms with Crippen molar-refractivity contribution in [2.24, 2.45) is 0 Å². The molecule has 1 fully saturated rings. The second kappa shape index (κ2) is 10.2. The van der Waals surface area contributed by atoms with Crippen LogP contribution in [0, 0.1) is 11.6 Å². The molecular weight excluding hydrogens is 489 g/mol. The monoisotopic (exact) mass is 516 g/mol. The van der Waals surface area contributed by atoms with Gasteiger partial charge in [-0.1, -0.05) is 0 Å². The Morgan fingerprint density at radius 3 is 2.03 bits per heavy atom. The zero-order valence-corrected chi connectivity index (χ0v) is 21.4. The van der Waals surface area contributed by atoms with Gasteiger partial charge < -0.3 is 0 Å². The standard InChI is InChI=1S/C17H27O12P3/c1-20-30(18,21-2)14-9-8-11-16-17(15-12-10-13-27-15,31(19,22-3)23-4)29-32(24-5,25-6,26-7)28-16/h8,10-13,16H,1-7H3/b11-8-. The number of allylic oxidation sites excluding steroid dienone is 1. The van der Waals surface area contributed by atoms with Crippen molar-refractivity contribution in [1.29, 1.82) is 0 Å². The number of hydrogen-bond donors (Lipinski definition) is 0. The summed E-state index contributed by atoms with van der Waals surface area (Å²) in [5.41, 5.74) is 2.36. The summed E-state index contributed by atoms with van der Waals surface area (Å²) >= 11 is 0. The van der Waals surface area contributed by atoms with Crippen LogP contribution in [0.2, 0.25) is 0 Å². The molecule has 2 rings (SSSR count). The molecule has 12 nitrogen and oxygen atoms in total. The summed E-state index contributed by atoms with van der Waals surface area (Å²) in [7, 11) is -4.15. The van der Waals surface area contributed by atoms with Crippen LogP contribution in [0.15, 0.2) is 35.0 Å². The van der Waals surface area contributed by atoms with Crippen molar-refractivity contribution in [3.8, 4) is 11.6 Å². The zero-order valence-electron chi connectivity index (χ0n) is 18.7. The first-order valence-corrected chi connectivity index (χ1v) is 13.8. The molecule has 0 spiro atoms. The van der Waals surface area contributed by atoms with Crippen LogP contribution in [0.25, 0.3) is 0 Å². The van der Waals surface area contributed by atoms with Gasteiger partial charge in [0.05, 0.1) is 0 Å². The molecule has 2 unspecified atom stereocenters. The second-order valence-corrected chi connectivity index (χ2v) is 13.2. The van der Waals surface area contributed by atoms with Crippen LogP contribution in [0.4, 0.5) is 0 Å². The topological polar surface area (TPSA) is 130 Å². The van der Waals surface area contributed by atoms with E-state index in [-0.39, 0.29) is 5.76 Å². The molecule has 2 atom stereocenters. The fourth-order valence-corrected chi connectivity index (χ4v) is 8.16. The predicted molar refractivity (Wildman–Crippen MR) is 114 cm³/mol. The molecule has 15 heteroatoms. The summed E-state index contributed by atoms with van der Waals surface area (Å²) in [6.45, 7) is 0. The third kappa shape index (κ3) is 4.42. The van der Waals surface area contributed by atoms with E-state index in [0.717, 1.165) is 0 Å². The Kier molecular flexibility index (Phi) is 8.69. The third-order valence-electron chi connectivity index (χ3n) is 4.65. The van der Waals surface area contributed by atoms with Gasteiger partial charge in [0.25, 0.3) is 0 Å². The van der Waals surface area contributed by atoms with Gasteiger partial charge >= 0.3 is 186 Å². The fraction of sp³-hybridized carbons (Fsp3) is 0.529. The molecule has 2 heterocycles. The van der Waals surface area contributed by atoms with E-state index in [1.807, 2.05) is 0 Å². The fourth-order valence-electron chi connectivity index (χ4n) is 2.96. The molecule has 0 radical (unpaired) electrons. The molecule has 0 aromatic carbocycles. The predicted octanol–water partition coefficient (Wildman–Crippen LogP) is 4.40. The molecule has 1 aromatic rings. The van der Waals surface area contributed by atoms with Crippen molar-refractivity contribution < 1.29 is 54.3 Å². The van der Waals surface area contributed by atoms with Crippen molar-refractivity contribution in [3.05, 3.63) is 36.3 Å². The quantitative estimate of drug-likeness (QED) is 0.323. The van der Waals surface area contributed by atoms with Crippen molar-refractivity contribution in [3.63, 3.8) is 0 Å². The van der Waals surface area contributed by atoms with Crippen LogP contribution < -0.4 is 0 Å². The van der Waals surface area contributed by atoms with Crippen molar-refractivity contribution in [1.82, 2.24) is 0 Å². The molecule has 1 aliphatic heterocycles. The molecule has 0 N–H and O–H groups in total. The molecule has 32 heavy (non-hydrogen) atoms. The van der Waals surface area contributed by atoms with Gasteiger partial charge in [-0.25, -0.2) is 0 Å². The summed E-state index contributed by atoms with van der Waals surface area (Å²) in [5.74, 6) is 2.55. The first-order valence-electron chi connectivity index (χ1n) is 8.89. The average molecular weight is 516 g/mol. The normalized spacial score (nSPS) is 26.3. The number of furan rings is 1. The van der Waals surface area contributed by atoms with Gasteiger partial charge in [0.2, 0.25) is 0 Å². The van der Waals surface area contributed by atoms with Gasteiger partial charge in [0.15, 0.2) is 0 Å². The Morgan fingerprint density at radius 1 is 1.00 bits per heavy atom. The minimum absolute atomic E-state index is 0.0178. The van der Waals surface area contributed by atoms with Crippen LogP contribution in [0.1, 0.15) is 5.76 Å². The van der Waals surface area contributed by atoms with Crippen LogP contribution >= 0.6 is 22.9 Å². The van der Waals surface area contributed by atoms with E-state index in [1.54, 1.807) is 6.07 Å². The molecule has 0 saturated carbocycles. The van der Waals surface area contributed by atoms with Crippen LogP contribution in [-0.4, -0.2) is 55.9 Å². The summed E-state index contributed by atoms with van der Waals surface area (Å²) in [5, 5.41) is -2.07. The summed E-state index contributed by atoms with van der Waals surface area (Å²) < 4.78 is 80.1. The Hall–Kier alpha value is -0.890. The van der Waals surface area contributed by atoms with Crippen LogP contribution in [0.5, 0.6) is 0 Å². The second-order valence-electron chi connectivity index (χ2n) is 5.92. The summed E-state index contributed by atoms with van der Waals surface area (Å²) in [4.78, 5) is 0. The van der Waals surface area contributed by atoms with Crippen LogP contribution in [-0.2, 0) is 55.2 Å². The number of rotatable bonds is 10. The summed E-state index contributed by atoms with van der Waals surface area (Å²) in [6, 6.07) is 3.03. The van der Waals surface area contributed by atoms with E-state index < -0.39 is 34.4 Å². The van der Waals surface area contributed by atoms with Gasteiger partial charge in [0.1, 0.15) is 0 Å². The minimum atomic E-state index is -4.80. The van der Waals surface area contributed by atoms with Gasteiger partial charge in [-0.3, -0.25) is 0 Å². The van der Waals surface area contributed by atoms with E-state index in [4.69, 9.17) is 45.1 Å². The average Bonchev–Trinajstić information content (AvgIpc) is 3.48. The van der Waals surface area contributed by atoms with E-state index >= 15 is 0 Å². The molecule has 1 aliphatic rings. The van der Waals surface area contributed by atoms with Crippen molar-refractivity contribution in [2.75, 3.05) is 49.8 Å². The third-order valence-corrected chi connectivity index (χ3v) is 11.4. The van der Waals surface area contributed by atoms with Gasteiger partial charge in [0, 0.05) is 0 Å². The van der Waals surface area contributed by atoms with E-state index in [0.29, 0.717) is 0 Å². The zero-order chi connectivity index (χ0) is 24.1. The first kappa shape index (κ1) is 27.4. The summed E-state index contributed by atoms with van der Waals surface area (Å²) in [6.07, 6.45) is 2.66. The Bertz CT molecular complexity index is 934. The Balaban J connectivity index is 2.74. The molecule has 1 saturated heterocycles. The molecule has 0 amide bonds. The van der Waals surface area contributed by atoms with Gasteiger partial charge in [-0.15, -0.1) is 0 Å². The van der Waals surface area contributed by atoms with E-state index in [2.05, 4.69) is 11.6 Å². The van der Waals surface area contributed by atoms with Gasteiger partial charge in [-0.2, -0.15) is 0 Å².